The van der Waals surface area contributed by atoms with Gasteiger partial charge in [-0.3, -0.25) is 4.79 Å². The zero-order chi connectivity index (χ0) is 16.0. The van der Waals surface area contributed by atoms with Crippen LogP contribution in [0.3, 0.4) is 0 Å². The van der Waals surface area contributed by atoms with Crippen molar-refractivity contribution in [3.8, 4) is 0 Å². The molecule has 0 saturated heterocycles. The van der Waals surface area contributed by atoms with Gasteiger partial charge in [-0.25, -0.2) is 4.79 Å². The molecule has 2 amide bonds. The van der Waals surface area contributed by atoms with Crippen LogP contribution in [-0.4, -0.2) is 40.3 Å². The smallest absolute Gasteiger partial charge is 0.321 e. The van der Waals surface area contributed by atoms with Gasteiger partial charge in [-0.2, -0.15) is 0 Å². The summed E-state index contributed by atoms with van der Waals surface area (Å²) in [5, 5.41) is 11.3. The predicted molar refractivity (Wildman–Crippen MR) is 86.0 cm³/mol. The molecule has 0 radical (unpaired) electrons. The van der Waals surface area contributed by atoms with Gasteiger partial charge < -0.3 is 15.3 Å². The number of rotatable bonds is 5. The molecule has 1 aromatic rings. The number of carboxylic acids is 1. The fourth-order valence-corrected chi connectivity index (χ4v) is 2.52. The summed E-state index contributed by atoms with van der Waals surface area (Å²) in [7, 11) is 1.57. The van der Waals surface area contributed by atoms with Crippen molar-refractivity contribution >= 4 is 29.4 Å². The summed E-state index contributed by atoms with van der Waals surface area (Å²) in [5.74, 6) is -0.918. The molecule has 5 nitrogen and oxygen atoms in total. The second kappa shape index (κ2) is 7.36. The number of carbonyl (C=O) groups is 2. The normalized spacial score (nSPS) is 11.0. The Bertz CT molecular complexity index is 495. The number of nitrogens with one attached hydrogen (secondary N) is 1. The number of anilines is 1. The first kappa shape index (κ1) is 17.4. The Labute approximate surface area is 129 Å². The Kier molecular flexibility index (Phi) is 6.08. The number of hydrogen-bond acceptors (Lipinski definition) is 3. The van der Waals surface area contributed by atoms with E-state index in [0.717, 1.165) is 4.90 Å². The Morgan fingerprint density at radius 3 is 2.29 bits per heavy atom. The largest absolute Gasteiger partial charge is 0.481 e. The quantitative estimate of drug-likeness (QED) is 0.816. The number of amides is 2. The van der Waals surface area contributed by atoms with E-state index < -0.39 is 5.97 Å². The van der Waals surface area contributed by atoms with Crippen LogP contribution in [0.5, 0.6) is 0 Å². The van der Waals surface area contributed by atoms with Gasteiger partial charge >= 0.3 is 12.0 Å². The summed E-state index contributed by atoms with van der Waals surface area (Å²) in [6.07, 6.45) is -0.0644. The zero-order valence-electron chi connectivity index (χ0n) is 12.8. The summed E-state index contributed by atoms with van der Waals surface area (Å²) in [6, 6.07) is 7.30. The van der Waals surface area contributed by atoms with Crippen molar-refractivity contribution in [2.45, 2.75) is 36.8 Å². The Morgan fingerprint density at radius 2 is 1.81 bits per heavy atom. The van der Waals surface area contributed by atoms with Crippen molar-refractivity contribution < 1.29 is 14.7 Å². The van der Waals surface area contributed by atoms with Crippen molar-refractivity contribution in [1.82, 2.24) is 4.90 Å². The molecule has 0 saturated carbocycles. The molecule has 6 heteroatoms. The highest BCUT2D eigenvalue weighted by Crippen LogP contribution is 2.32. The van der Waals surface area contributed by atoms with Crippen molar-refractivity contribution in [3.63, 3.8) is 0 Å². The summed E-state index contributed by atoms with van der Waals surface area (Å²) in [6.45, 7) is 6.61. The third-order valence-electron chi connectivity index (χ3n) is 2.54. The third-order valence-corrected chi connectivity index (χ3v) is 3.66. The van der Waals surface area contributed by atoms with Crippen LogP contribution in [0.2, 0.25) is 0 Å². The molecule has 0 aromatic heterocycles. The van der Waals surface area contributed by atoms with Crippen LogP contribution in [0.1, 0.15) is 27.2 Å². The molecule has 0 spiro atoms. The first-order valence-corrected chi connectivity index (χ1v) is 7.52. The highest BCUT2D eigenvalue weighted by molar-refractivity contribution is 8.00. The number of benzene rings is 1. The van der Waals surface area contributed by atoms with E-state index in [9.17, 15) is 9.59 Å². The summed E-state index contributed by atoms with van der Waals surface area (Å²) in [4.78, 5) is 24.8. The second-order valence-electron chi connectivity index (χ2n) is 5.73. The molecule has 0 bridgehead atoms. The molecule has 0 atom stereocenters. The maximum absolute atomic E-state index is 11.9. The van der Waals surface area contributed by atoms with Crippen molar-refractivity contribution in [3.05, 3.63) is 24.3 Å². The van der Waals surface area contributed by atoms with E-state index in [1.165, 1.54) is 4.90 Å². The van der Waals surface area contributed by atoms with Crippen LogP contribution in [0.4, 0.5) is 10.5 Å². The Balaban J connectivity index is 2.55. The van der Waals surface area contributed by atoms with E-state index in [0.29, 0.717) is 5.69 Å². The second-order valence-corrected chi connectivity index (χ2v) is 7.63. The van der Waals surface area contributed by atoms with Gasteiger partial charge in [0.25, 0.3) is 0 Å². The van der Waals surface area contributed by atoms with Gasteiger partial charge in [0.15, 0.2) is 0 Å². The maximum atomic E-state index is 11.9. The number of urea groups is 1. The summed E-state index contributed by atoms with van der Waals surface area (Å²) >= 11 is 1.76. The van der Waals surface area contributed by atoms with E-state index >= 15 is 0 Å². The first-order valence-electron chi connectivity index (χ1n) is 6.70. The minimum absolute atomic E-state index is 0.0644. The Hall–Kier alpha value is -1.69. The maximum Gasteiger partial charge on any atom is 0.321 e. The molecule has 0 aliphatic rings. The molecule has 2 N–H and O–H groups in total. The lowest BCUT2D eigenvalue weighted by molar-refractivity contribution is -0.137. The van der Waals surface area contributed by atoms with E-state index in [-0.39, 0.29) is 23.7 Å². The first-order chi connectivity index (χ1) is 9.67. The van der Waals surface area contributed by atoms with E-state index in [2.05, 4.69) is 26.1 Å². The van der Waals surface area contributed by atoms with Gasteiger partial charge in [0.1, 0.15) is 0 Å². The summed E-state index contributed by atoms with van der Waals surface area (Å²) in [5.41, 5.74) is 0.695. The average molecular weight is 310 g/mol. The molecule has 0 heterocycles. The van der Waals surface area contributed by atoms with Crippen LogP contribution in [0.25, 0.3) is 0 Å². The lowest BCUT2D eigenvalue weighted by Gasteiger charge is -2.19. The van der Waals surface area contributed by atoms with Gasteiger partial charge in [0.05, 0.1) is 6.42 Å². The van der Waals surface area contributed by atoms with Crippen LogP contribution in [-0.2, 0) is 4.79 Å². The monoisotopic (exact) mass is 310 g/mol. The van der Waals surface area contributed by atoms with Crippen molar-refractivity contribution in [2.75, 3.05) is 18.9 Å². The lowest BCUT2D eigenvalue weighted by Crippen LogP contribution is -2.33. The van der Waals surface area contributed by atoms with Crippen molar-refractivity contribution in [2.24, 2.45) is 0 Å². The minimum atomic E-state index is -0.918. The number of nitrogens with zero attached hydrogens (tertiary/aromatic N) is 1. The number of aliphatic carboxylic acids is 1. The fourth-order valence-electron chi connectivity index (χ4n) is 1.54. The van der Waals surface area contributed by atoms with Gasteiger partial charge in [0, 0.05) is 28.9 Å². The topological polar surface area (TPSA) is 69.6 Å². The zero-order valence-corrected chi connectivity index (χ0v) is 13.7. The van der Waals surface area contributed by atoms with Gasteiger partial charge in [-0.15, -0.1) is 11.8 Å². The SMILES string of the molecule is CN(CCC(=O)O)C(=O)Nc1ccc(SC(C)(C)C)cc1. The van der Waals surface area contributed by atoms with Gasteiger partial charge in [-0.1, -0.05) is 20.8 Å². The molecule has 0 unspecified atom stereocenters. The summed E-state index contributed by atoms with van der Waals surface area (Å²) < 4.78 is 0.141. The predicted octanol–water partition coefficient (Wildman–Crippen LogP) is 3.52. The molecule has 0 aliphatic heterocycles. The van der Waals surface area contributed by atoms with E-state index in [1.807, 2.05) is 24.3 Å². The molecule has 1 rings (SSSR count). The standard InChI is InChI=1S/C15H22N2O3S/c1-15(2,3)21-12-7-5-11(6-8-12)16-14(20)17(4)10-9-13(18)19/h5-8H,9-10H2,1-4H3,(H,16,20)(H,18,19). The van der Waals surface area contributed by atoms with Gasteiger partial charge in [0.2, 0.25) is 0 Å². The number of hydrogen-bond donors (Lipinski definition) is 2. The fraction of sp³-hybridized carbons (Fsp3) is 0.467. The molecule has 116 valence electrons. The van der Waals surface area contributed by atoms with Crippen LogP contribution < -0.4 is 5.32 Å². The average Bonchev–Trinajstić information content (AvgIpc) is 2.36. The molecule has 0 aliphatic carbocycles. The number of thioether (sulfide) groups is 1. The van der Waals surface area contributed by atoms with Crippen LogP contribution in [0.15, 0.2) is 29.2 Å². The molecule has 0 fully saturated rings. The Morgan fingerprint density at radius 1 is 1.24 bits per heavy atom. The molecule has 1 aromatic carbocycles. The highest BCUT2D eigenvalue weighted by atomic mass is 32.2. The van der Waals surface area contributed by atoms with E-state index in [4.69, 9.17) is 5.11 Å². The van der Waals surface area contributed by atoms with Crippen LogP contribution >= 0.6 is 11.8 Å². The van der Waals surface area contributed by atoms with Crippen LogP contribution in [0, 0.1) is 0 Å². The molecular weight excluding hydrogens is 288 g/mol. The number of carbonyl (C=O) groups excluding carboxylic acids is 1. The number of carboxylic acid groups (broad SMARTS) is 1. The lowest BCUT2D eigenvalue weighted by atomic mass is 10.3. The van der Waals surface area contributed by atoms with Crippen molar-refractivity contribution in [1.29, 1.82) is 0 Å². The van der Waals surface area contributed by atoms with E-state index in [1.54, 1.807) is 18.8 Å². The minimum Gasteiger partial charge on any atom is -0.481 e. The third kappa shape index (κ3) is 7.04. The highest BCUT2D eigenvalue weighted by Gasteiger charge is 2.13. The molecular formula is C15H22N2O3S. The molecule has 21 heavy (non-hydrogen) atoms. The van der Waals surface area contributed by atoms with Gasteiger partial charge in [-0.05, 0) is 24.3 Å².